The molecule has 144 valence electrons. The van der Waals surface area contributed by atoms with Crippen molar-refractivity contribution in [3.8, 4) is 5.69 Å². The maximum atomic E-state index is 4.59. The van der Waals surface area contributed by atoms with Gasteiger partial charge in [0.15, 0.2) is 5.96 Å². The Morgan fingerprint density at radius 1 is 1.15 bits per heavy atom. The summed E-state index contributed by atoms with van der Waals surface area (Å²) in [5.74, 6) is 0.768. The summed E-state index contributed by atoms with van der Waals surface area (Å²) in [7, 11) is 1.77. The number of nitrogens with zero attached hydrogens (tertiary/aromatic N) is 4. The minimum absolute atomic E-state index is 0. The van der Waals surface area contributed by atoms with Crippen molar-refractivity contribution in [1.29, 1.82) is 0 Å². The quantitative estimate of drug-likeness (QED) is 0.312. The molecule has 1 aromatic carbocycles. The van der Waals surface area contributed by atoms with E-state index in [1.54, 1.807) is 18.4 Å². The van der Waals surface area contributed by atoms with Gasteiger partial charge in [-0.3, -0.25) is 4.99 Å². The van der Waals surface area contributed by atoms with Crippen molar-refractivity contribution in [3.05, 3.63) is 63.9 Å². The zero-order valence-electron chi connectivity index (χ0n) is 15.8. The lowest BCUT2D eigenvalue weighted by atomic mass is 10.3. The van der Waals surface area contributed by atoms with Gasteiger partial charge in [0.1, 0.15) is 0 Å². The number of benzene rings is 1. The van der Waals surface area contributed by atoms with Crippen LogP contribution in [-0.2, 0) is 13.0 Å². The number of nitrogens with one attached hydrogen (secondary N) is 2. The first kappa shape index (κ1) is 21.4. The number of guanidine groups is 1. The van der Waals surface area contributed by atoms with Crippen molar-refractivity contribution >= 4 is 41.3 Å². The molecule has 0 aliphatic heterocycles. The van der Waals surface area contributed by atoms with Gasteiger partial charge < -0.3 is 10.6 Å². The van der Waals surface area contributed by atoms with E-state index >= 15 is 0 Å². The fourth-order valence-electron chi connectivity index (χ4n) is 2.51. The molecular formula is C19H25IN6S. The molecule has 2 N–H and O–H groups in total. The second-order valence-corrected chi connectivity index (χ2v) is 7.23. The third-order valence-corrected chi connectivity index (χ3v) is 5.16. The summed E-state index contributed by atoms with van der Waals surface area (Å²) in [6.07, 6.45) is 2.86. The van der Waals surface area contributed by atoms with Crippen LogP contribution in [0.25, 0.3) is 5.69 Å². The first-order valence-electron chi connectivity index (χ1n) is 8.63. The molecule has 0 saturated carbocycles. The Bertz CT molecular complexity index is 852. The molecule has 3 rings (SSSR count). The van der Waals surface area contributed by atoms with Crippen molar-refractivity contribution in [1.82, 2.24) is 25.4 Å². The molecule has 0 fully saturated rings. The van der Waals surface area contributed by atoms with E-state index in [1.807, 2.05) is 47.3 Å². The molecule has 0 bridgehead atoms. The van der Waals surface area contributed by atoms with Crippen LogP contribution in [0.4, 0.5) is 0 Å². The van der Waals surface area contributed by atoms with Gasteiger partial charge in [0.2, 0.25) is 0 Å². The van der Waals surface area contributed by atoms with E-state index < -0.39 is 0 Å². The largest absolute Gasteiger partial charge is 0.356 e. The van der Waals surface area contributed by atoms with Crippen LogP contribution in [0.1, 0.15) is 21.3 Å². The van der Waals surface area contributed by atoms with E-state index in [-0.39, 0.29) is 24.0 Å². The number of thiazole rings is 1. The lowest BCUT2D eigenvalue weighted by molar-refractivity contribution is 0.761. The number of halogens is 1. The predicted octanol–water partition coefficient (Wildman–Crippen LogP) is 3.47. The Balaban J connectivity index is 0.00000261. The SMILES string of the molecule is CN=C(NCCc1nc(C)c(C)s1)NCc1ccn(-c2ccccc2)n1.I. The van der Waals surface area contributed by atoms with E-state index in [2.05, 4.69) is 39.6 Å². The van der Waals surface area contributed by atoms with Crippen LogP contribution in [0.2, 0.25) is 0 Å². The standard InChI is InChI=1S/C19H24N6S.HI/c1-14-15(2)26-18(23-14)9-11-21-19(20-3)22-13-16-10-12-25(24-16)17-7-5-4-6-8-17;/h4-8,10,12H,9,11,13H2,1-3H3,(H2,20,21,22);1H. The minimum Gasteiger partial charge on any atom is -0.356 e. The molecule has 0 saturated heterocycles. The Kier molecular flexibility index (Phi) is 8.23. The van der Waals surface area contributed by atoms with Crippen LogP contribution in [0.3, 0.4) is 0 Å². The number of hydrogen-bond donors (Lipinski definition) is 2. The number of hydrogen-bond acceptors (Lipinski definition) is 4. The van der Waals surface area contributed by atoms with Gasteiger partial charge in [-0.05, 0) is 32.0 Å². The summed E-state index contributed by atoms with van der Waals surface area (Å²) < 4.78 is 1.88. The number of aryl methyl sites for hydroxylation is 2. The van der Waals surface area contributed by atoms with E-state index in [0.717, 1.165) is 41.0 Å². The molecule has 6 nitrogen and oxygen atoms in total. The highest BCUT2D eigenvalue weighted by Crippen LogP contribution is 2.16. The van der Waals surface area contributed by atoms with E-state index in [9.17, 15) is 0 Å². The van der Waals surface area contributed by atoms with Crippen LogP contribution in [0.15, 0.2) is 47.6 Å². The number of aliphatic imine (C=N–C) groups is 1. The van der Waals surface area contributed by atoms with Gasteiger partial charge in [-0.1, -0.05) is 18.2 Å². The minimum atomic E-state index is 0. The summed E-state index contributed by atoms with van der Waals surface area (Å²) >= 11 is 1.76. The van der Waals surface area contributed by atoms with Crippen molar-refractivity contribution in [2.75, 3.05) is 13.6 Å². The highest BCUT2D eigenvalue weighted by molar-refractivity contribution is 14.0. The van der Waals surface area contributed by atoms with Crippen molar-refractivity contribution in [3.63, 3.8) is 0 Å². The van der Waals surface area contributed by atoms with E-state index in [4.69, 9.17) is 0 Å². The van der Waals surface area contributed by atoms with Crippen LogP contribution in [0, 0.1) is 13.8 Å². The van der Waals surface area contributed by atoms with Crippen molar-refractivity contribution in [2.45, 2.75) is 26.8 Å². The Morgan fingerprint density at radius 2 is 1.93 bits per heavy atom. The predicted molar refractivity (Wildman–Crippen MR) is 122 cm³/mol. The maximum absolute atomic E-state index is 4.59. The third kappa shape index (κ3) is 6.03. The van der Waals surface area contributed by atoms with Crippen molar-refractivity contribution < 1.29 is 0 Å². The van der Waals surface area contributed by atoms with Gasteiger partial charge in [-0.25, -0.2) is 9.67 Å². The fraction of sp³-hybridized carbons (Fsp3) is 0.316. The Hall–Kier alpha value is -1.94. The monoisotopic (exact) mass is 496 g/mol. The van der Waals surface area contributed by atoms with Gasteiger partial charge in [-0.15, -0.1) is 35.3 Å². The Morgan fingerprint density at radius 3 is 2.59 bits per heavy atom. The summed E-state index contributed by atoms with van der Waals surface area (Å²) in [5.41, 5.74) is 3.14. The highest BCUT2D eigenvalue weighted by atomic mass is 127. The van der Waals surface area contributed by atoms with E-state index in [1.165, 1.54) is 4.88 Å². The number of aromatic nitrogens is 3. The van der Waals surface area contributed by atoms with Crippen molar-refractivity contribution in [2.24, 2.45) is 4.99 Å². The van der Waals surface area contributed by atoms with Crippen LogP contribution in [0.5, 0.6) is 0 Å². The molecule has 3 aromatic rings. The van der Waals surface area contributed by atoms with E-state index in [0.29, 0.717) is 6.54 Å². The van der Waals surface area contributed by atoms with Crippen LogP contribution < -0.4 is 10.6 Å². The topological polar surface area (TPSA) is 67.1 Å². The normalized spacial score (nSPS) is 11.1. The summed E-state index contributed by atoms with van der Waals surface area (Å²) in [5, 5.41) is 12.4. The first-order valence-corrected chi connectivity index (χ1v) is 9.45. The average Bonchev–Trinajstić information content (AvgIpc) is 3.25. The second kappa shape index (κ2) is 10.4. The second-order valence-electron chi connectivity index (χ2n) is 5.94. The highest BCUT2D eigenvalue weighted by Gasteiger charge is 2.05. The summed E-state index contributed by atoms with van der Waals surface area (Å²) in [4.78, 5) is 10.1. The molecule has 0 spiro atoms. The molecule has 0 unspecified atom stereocenters. The molecule has 0 radical (unpaired) electrons. The third-order valence-electron chi connectivity index (χ3n) is 4.03. The molecule has 2 aromatic heterocycles. The molecule has 0 aliphatic rings. The van der Waals surface area contributed by atoms with Gasteiger partial charge in [0.05, 0.1) is 28.6 Å². The average molecular weight is 496 g/mol. The summed E-state index contributed by atoms with van der Waals surface area (Å²) in [6.45, 7) is 5.58. The van der Waals surface area contributed by atoms with Crippen LogP contribution >= 0.6 is 35.3 Å². The lowest BCUT2D eigenvalue weighted by Crippen LogP contribution is -2.37. The van der Waals surface area contributed by atoms with Gasteiger partial charge in [-0.2, -0.15) is 5.10 Å². The number of rotatable bonds is 6. The lowest BCUT2D eigenvalue weighted by Gasteiger charge is -2.10. The Labute approximate surface area is 181 Å². The number of para-hydroxylation sites is 1. The first-order chi connectivity index (χ1) is 12.7. The molecule has 0 aliphatic carbocycles. The fourth-order valence-corrected chi connectivity index (χ4v) is 3.44. The van der Waals surface area contributed by atoms with Gasteiger partial charge >= 0.3 is 0 Å². The van der Waals surface area contributed by atoms with Crippen LogP contribution in [-0.4, -0.2) is 34.3 Å². The molecule has 27 heavy (non-hydrogen) atoms. The van der Waals surface area contributed by atoms with Gasteiger partial charge in [0.25, 0.3) is 0 Å². The van der Waals surface area contributed by atoms with Gasteiger partial charge in [0, 0.05) is 31.1 Å². The summed E-state index contributed by atoms with van der Waals surface area (Å²) in [6, 6.07) is 12.1. The molecule has 0 amide bonds. The molecular weight excluding hydrogens is 471 g/mol. The molecule has 8 heteroatoms. The zero-order valence-corrected chi connectivity index (χ0v) is 18.9. The molecule has 0 atom stereocenters. The maximum Gasteiger partial charge on any atom is 0.191 e. The zero-order chi connectivity index (χ0) is 18.4. The molecule has 2 heterocycles. The smallest absolute Gasteiger partial charge is 0.191 e.